The first kappa shape index (κ1) is 16.9. The SMILES string of the molecule is O=C(NCc1cccnc1-n1ccnc1)NC[C@H]1COc2ccccc2O1. The molecule has 0 saturated heterocycles. The van der Waals surface area contributed by atoms with E-state index in [1.165, 1.54) is 0 Å². The molecule has 27 heavy (non-hydrogen) atoms. The number of urea groups is 1. The van der Waals surface area contributed by atoms with E-state index in [-0.39, 0.29) is 12.1 Å². The van der Waals surface area contributed by atoms with E-state index in [1.54, 1.807) is 23.3 Å². The molecule has 0 saturated carbocycles. The summed E-state index contributed by atoms with van der Waals surface area (Å²) in [4.78, 5) is 20.5. The topological polar surface area (TPSA) is 90.3 Å². The normalized spacial score (nSPS) is 15.2. The first-order valence-corrected chi connectivity index (χ1v) is 8.62. The first-order valence-electron chi connectivity index (χ1n) is 8.62. The van der Waals surface area contributed by atoms with Crippen molar-refractivity contribution in [3.05, 3.63) is 66.9 Å². The monoisotopic (exact) mass is 365 g/mol. The molecule has 2 N–H and O–H groups in total. The van der Waals surface area contributed by atoms with Crippen molar-refractivity contribution in [1.29, 1.82) is 0 Å². The van der Waals surface area contributed by atoms with Gasteiger partial charge in [-0.3, -0.25) is 4.57 Å². The number of aromatic nitrogens is 3. The molecule has 2 amide bonds. The van der Waals surface area contributed by atoms with Crippen molar-refractivity contribution in [2.45, 2.75) is 12.6 Å². The van der Waals surface area contributed by atoms with E-state index in [4.69, 9.17) is 9.47 Å². The number of amides is 2. The Morgan fingerprint density at radius 2 is 2.04 bits per heavy atom. The zero-order chi connectivity index (χ0) is 18.5. The van der Waals surface area contributed by atoms with Gasteiger partial charge in [0.2, 0.25) is 0 Å². The third-order valence-corrected chi connectivity index (χ3v) is 4.11. The lowest BCUT2D eigenvalue weighted by molar-refractivity contribution is 0.0918. The Balaban J connectivity index is 1.29. The van der Waals surface area contributed by atoms with Crippen LogP contribution in [0.15, 0.2) is 61.3 Å². The molecule has 1 atom stereocenters. The number of fused-ring (bicyclic) bond motifs is 1. The summed E-state index contributed by atoms with van der Waals surface area (Å²) in [5.41, 5.74) is 0.886. The van der Waals surface area contributed by atoms with Gasteiger partial charge in [-0.05, 0) is 18.2 Å². The van der Waals surface area contributed by atoms with Gasteiger partial charge in [0.05, 0.1) is 6.54 Å². The minimum Gasteiger partial charge on any atom is -0.486 e. The molecule has 4 rings (SSSR count). The number of hydrogen-bond acceptors (Lipinski definition) is 5. The summed E-state index contributed by atoms with van der Waals surface area (Å²) in [7, 11) is 0. The van der Waals surface area contributed by atoms with Crippen molar-refractivity contribution in [3.8, 4) is 17.3 Å². The third-order valence-electron chi connectivity index (χ3n) is 4.11. The average Bonchev–Trinajstić information content (AvgIpc) is 3.25. The molecule has 0 unspecified atom stereocenters. The highest BCUT2D eigenvalue weighted by Crippen LogP contribution is 2.30. The van der Waals surface area contributed by atoms with Gasteiger partial charge in [-0.2, -0.15) is 0 Å². The molecule has 3 aromatic rings. The number of pyridine rings is 1. The zero-order valence-electron chi connectivity index (χ0n) is 14.5. The molecule has 0 aliphatic carbocycles. The number of rotatable bonds is 5. The van der Waals surface area contributed by atoms with Crippen molar-refractivity contribution in [2.24, 2.45) is 0 Å². The standard InChI is InChI=1S/C19H19N5O3/c25-19(23-11-15-12-26-16-5-1-2-6-17(16)27-15)22-10-14-4-3-7-21-18(14)24-9-8-20-13-24/h1-9,13,15H,10-12H2,(H2,22,23,25)/t15-/m0/s1. The van der Waals surface area contributed by atoms with Crippen LogP contribution >= 0.6 is 0 Å². The van der Waals surface area contributed by atoms with Gasteiger partial charge < -0.3 is 20.1 Å². The number of carbonyl (C=O) groups is 1. The minimum atomic E-state index is -0.280. The first-order chi connectivity index (χ1) is 13.3. The van der Waals surface area contributed by atoms with Gasteiger partial charge in [0.1, 0.15) is 18.8 Å². The quantitative estimate of drug-likeness (QED) is 0.721. The van der Waals surface area contributed by atoms with Crippen LogP contribution in [0.3, 0.4) is 0 Å². The van der Waals surface area contributed by atoms with E-state index in [0.717, 1.165) is 17.1 Å². The highest BCUT2D eigenvalue weighted by atomic mass is 16.6. The van der Waals surface area contributed by atoms with Crippen molar-refractivity contribution in [2.75, 3.05) is 13.2 Å². The minimum absolute atomic E-state index is 0.231. The Labute approximate surface area is 156 Å². The van der Waals surface area contributed by atoms with Crippen LogP contribution in [0.2, 0.25) is 0 Å². The number of benzene rings is 1. The fraction of sp³-hybridized carbons (Fsp3) is 0.211. The molecule has 138 valence electrons. The zero-order valence-corrected chi connectivity index (χ0v) is 14.5. The van der Waals surface area contributed by atoms with Crippen LogP contribution in [0.4, 0.5) is 4.79 Å². The van der Waals surface area contributed by atoms with Crippen LogP contribution < -0.4 is 20.1 Å². The molecule has 3 heterocycles. The van der Waals surface area contributed by atoms with Crippen molar-refractivity contribution in [1.82, 2.24) is 25.2 Å². The Morgan fingerprint density at radius 1 is 1.15 bits per heavy atom. The summed E-state index contributed by atoms with van der Waals surface area (Å²) in [6, 6.07) is 11.0. The Kier molecular flexibility index (Phi) is 4.86. The number of nitrogens with one attached hydrogen (secondary N) is 2. The van der Waals surface area contributed by atoms with Gasteiger partial charge in [-0.25, -0.2) is 14.8 Å². The van der Waals surface area contributed by atoms with E-state index in [2.05, 4.69) is 20.6 Å². The largest absolute Gasteiger partial charge is 0.486 e. The second-order valence-corrected chi connectivity index (χ2v) is 6.02. The summed E-state index contributed by atoms with van der Waals surface area (Å²) in [5.74, 6) is 2.15. The number of imidazole rings is 1. The van der Waals surface area contributed by atoms with E-state index in [1.807, 2.05) is 42.6 Å². The molecular weight excluding hydrogens is 346 g/mol. The smallest absolute Gasteiger partial charge is 0.315 e. The van der Waals surface area contributed by atoms with Crippen molar-refractivity contribution >= 4 is 6.03 Å². The van der Waals surface area contributed by atoms with E-state index in [9.17, 15) is 4.79 Å². The predicted octanol–water partition coefficient (Wildman–Crippen LogP) is 1.91. The fourth-order valence-electron chi connectivity index (χ4n) is 2.79. The predicted molar refractivity (Wildman–Crippen MR) is 98.0 cm³/mol. The van der Waals surface area contributed by atoms with Gasteiger partial charge in [0.15, 0.2) is 17.6 Å². The molecule has 2 aromatic heterocycles. The van der Waals surface area contributed by atoms with Gasteiger partial charge in [-0.15, -0.1) is 0 Å². The lowest BCUT2D eigenvalue weighted by atomic mass is 10.2. The van der Waals surface area contributed by atoms with Crippen LogP contribution in [0.25, 0.3) is 5.82 Å². The summed E-state index contributed by atoms with van der Waals surface area (Å²) < 4.78 is 13.3. The summed E-state index contributed by atoms with van der Waals surface area (Å²) in [6.45, 7) is 1.09. The molecule has 0 spiro atoms. The summed E-state index contributed by atoms with van der Waals surface area (Å²) in [6.07, 6.45) is 6.64. The lowest BCUT2D eigenvalue weighted by Gasteiger charge is -2.26. The van der Waals surface area contributed by atoms with Crippen molar-refractivity contribution < 1.29 is 14.3 Å². The van der Waals surface area contributed by atoms with Gasteiger partial charge in [0, 0.05) is 30.7 Å². The number of para-hydroxylation sites is 2. The molecule has 8 heteroatoms. The molecule has 0 fully saturated rings. The maximum Gasteiger partial charge on any atom is 0.315 e. The second kappa shape index (κ2) is 7.77. The van der Waals surface area contributed by atoms with Crippen LogP contribution in [0, 0.1) is 0 Å². The molecule has 0 radical (unpaired) electrons. The number of nitrogens with zero attached hydrogens (tertiary/aromatic N) is 3. The lowest BCUT2D eigenvalue weighted by Crippen LogP contribution is -2.44. The maximum atomic E-state index is 12.1. The number of hydrogen-bond donors (Lipinski definition) is 2. The molecular formula is C19H19N5O3. The van der Waals surface area contributed by atoms with E-state index in [0.29, 0.717) is 25.4 Å². The number of carbonyl (C=O) groups excluding carboxylic acids is 1. The van der Waals surface area contributed by atoms with Gasteiger partial charge in [0.25, 0.3) is 0 Å². The fourth-order valence-corrected chi connectivity index (χ4v) is 2.79. The van der Waals surface area contributed by atoms with Crippen LogP contribution in [0.5, 0.6) is 11.5 Å². The molecule has 1 aromatic carbocycles. The van der Waals surface area contributed by atoms with Crippen molar-refractivity contribution in [3.63, 3.8) is 0 Å². The Morgan fingerprint density at radius 3 is 2.89 bits per heavy atom. The number of ether oxygens (including phenoxy) is 2. The van der Waals surface area contributed by atoms with E-state index >= 15 is 0 Å². The Bertz CT molecular complexity index is 913. The van der Waals surface area contributed by atoms with Crippen LogP contribution in [-0.2, 0) is 6.54 Å². The summed E-state index contributed by atoms with van der Waals surface area (Å²) in [5, 5.41) is 5.65. The van der Waals surface area contributed by atoms with Crippen LogP contribution in [-0.4, -0.2) is 39.8 Å². The highest BCUT2D eigenvalue weighted by Gasteiger charge is 2.21. The summed E-state index contributed by atoms with van der Waals surface area (Å²) >= 11 is 0. The molecule has 1 aliphatic heterocycles. The average molecular weight is 365 g/mol. The third kappa shape index (κ3) is 4.00. The molecule has 8 nitrogen and oxygen atoms in total. The van der Waals surface area contributed by atoms with Crippen LogP contribution in [0.1, 0.15) is 5.56 Å². The van der Waals surface area contributed by atoms with Gasteiger partial charge >= 0.3 is 6.03 Å². The van der Waals surface area contributed by atoms with E-state index < -0.39 is 0 Å². The highest BCUT2D eigenvalue weighted by molar-refractivity contribution is 5.74. The van der Waals surface area contributed by atoms with Gasteiger partial charge in [-0.1, -0.05) is 18.2 Å². The second-order valence-electron chi connectivity index (χ2n) is 6.02. The molecule has 0 bridgehead atoms. The molecule has 1 aliphatic rings. The Hall–Kier alpha value is -3.55. The maximum absolute atomic E-state index is 12.1.